The molecule has 0 amide bonds. The summed E-state index contributed by atoms with van der Waals surface area (Å²) in [6.45, 7) is 0. The number of nitrogens with zero attached hydrogens (tertiary/aromatic N) is 4. The molecule has 2 aromatic rings. The summed E-state index contributed by atoms with van der Waals surface area (Å²) < 4.78 is 1.98. The van der Waals surface area contributed by atoms with Gasteiger partial charge in [-0.15, -0.1) is 0 Å². The monoisotopic (exact) mass is 404 g/mol. The van der Waals surface area contributed by atoms with E-state index >= 15 is 0 Å². The molecule has 0 unspecified atom stereocenters. The van der Waals surface area contributed by atoms with E-state index < -0.39 is 0 Å². The average Bonchev–Trinajstić information content (AvgIpc) is 2.28. The van der Waals surface area contributed by atoms with E-state index in [1.165, 1.54) is 0 Å². The maximum atomic E-state index is 4.44. The van der Waals surface area contributed by atoms with Crippen molar-refractivity contribution in [3.63, 3.8) is 0 Å². The highest BCUT2D eigenvalue weighted by Crippen LogP contribution is 2.33. The van der Waals surface area contributed by atoms with Crippen molar-refractivity contribution in [1.82, 2.24) is 14.9 Å². The number of aliphatic imine (C=N–C) groups is 1. The third kappa shape index (κ3) is 2.74. The number of hydrogen-bond acceptors (Lipinski definition) is 3. The summed E-state index contributed by atoms with van der Waals surface area (Å²) in [6.07, 6.45) is 5.12. The molecule has 0 aliphatic carbocycles. The molecule has 0 spiro atoms. The number of halogens is 2. The molecule has 0 radical (unpaired) electrons. The van der Waals surface area contributed by atoms with Crippen LogP contribution >= 0.6 is 38.5 Å². The molecular formula is C11H10BrIN4. The predicted molar refractivity (Wildman–Crippen MR) is 81.8 cm³/mol. The summed E-state index contributed by atoms with van der Waals surface area (Å²) in [4.78, 5) is 15.0. The molecule has 0 aliphatic heterocycles. The van der Waals surface area contributed by atoms with Crippen molar-refractivity contribution in [3.05, 3.63) is 26.5 Å². The summed E-state index contributed by atoms with van der Waals surface area (Å²) in [5.41, 5.74) is 2.49. The topological polar surface area (TPSA) is 41.4 Å². The van der Waals surface area contributed by atoms with Gasteiger partial charge in [0.05, 0.1) is 6.34 Å². The Morgan fingerprint density at radius 2 is 1.94 bits per heavy atom. The lowest BCUT2D eigenvalue weighted by atomic mass is 10.2. The number of hydrogen-bond donors (Lipinski definition) is 0. The van der Waals surface area contributed by atoms with Crippen molar-refractivity contribution >= 4 is 61.6 Å². The molecular weight excluding hydrogens is 395 g/mol. The van der Waals surface area contributed by atoms with E-state index in [0.717, 1.165) is 24.8 Å². The van der Waals surface area contributed by atoms with E-state index in [1.807, 2.05) is 25.1 Å². The van der Waals surface area contributed by atoms with Gasteiger partial charge in [-0.3, -0.25) is 9.97 Å². The maximum Gasteiger partial charge on any atom is 0.117 e. The first-order chi connectivity index (χ1) is 8.09. The molecule has 88 valence electrons. The Kier molecular flexibility index (Phi) is 3.93. The van der Waals surface area contributed by atoms with Crippen molar-refractivity contribution in [2.45, 2.75) is 0 Å². The zero-order valence-corrected chi connectivity index (χ0v) is 13.1. The van der Waals surface area contributed by atoms with Crippen LogP contribution in [0.4, 0.5) is 5.69 Å². The molecule has 0 bridgehead atoms. The Morgan fingerprint density at radius 1 is 1.29 bits per heavy atom. The molecule has 1 aromatic carbocycles. The second-order valence-corrected chi connectivity index (χ2v) is 5.67. The van der Waals surface area contributed by atoms with Crippen molar-refractivity contribution in [3.8, 4) is 0 Å². The molecule has 1 heterocycles. The highest BCUT2D eigenvalue weighted by atomic mass is 127. The van der Waals surface area contributed by atoms with Gasteiger partial charge in [0.25, 0.3) is 0 Å². The van der Waals surface area contributed by atoms with Crippen LogP contribution in [0, 0.1) is 3.57 Å². The van der Waals surface area contributed by atoms with Crippen LogP contribution < -0.4 is 0 Å². The molecule has 6 heteroatoms. The minimum absolute atomic E-state index is 0.810. The Bertz CT molecular complexity index is 583. The fraction of sp³-hybridized carbons (Fsp3) is 0.182. The minimum Gasteiger partial charge on any atom is -0.369 e. The minimum atomic E-state index is 0.810. The van der Waals surface area contributed by atoms with E-state index in [1.54, 1.807) is 18.7 Å². The van der Waals surface area contributed by atoms with Gasteiger partial charge < -0.3 is 4.90 Å². The van der Waals surface area contributed by atoms with Crippen LogP contribution in [0.5, 0.6) is 0 Å². The average molecular weight is 405 g/mol. The van der Waals surface area contributed by atoms with Crippen LogP contribution in [0.3, 0.4) is 0 Å². The van der Waals surface area contributed by atoms with Gasteiger partial charge in [0.2, 0.25) is 0 Å². The molecule has 0 fully saturated rings. The van der Waals surface area contributed by atoms with Crippen LogP contribution in [-0.2, 0) is 0 Å². The molecule has 0 N–H and O–H groups in total. The number of aromatic nitrogens is 2. The van der Waals surface area contributed by atoms with E-state index in [9.17, 15) is 0 Å². The van der Waals surface area contributed by atoms with E-state index in [-0.39, 0.29) is 0 Å². The summed E-state index contributed by atoms with van der Waals surface area (Å²) >= 11 is 5.74. The molecule has 4 nitrogen and oxygen atoms in total. The molecule has 0 atom stereocenters. The predicted octanol–water partition coefficient (Wildman–Crippen LogP) is 3.22. The smallest absolute Gasteiger partial charge is 0.117 e. The number of benzene rings is 1. The summed E-state index contributed by atoms with van der Waals surface area (Å²) in [5.74, 6) is 0. The second-order valence-electron chi connectivity index (χ2n) is 3.65. The van der Waals surface area contributed by atoms with Crippen LogP contribution in [-0.4, -0.2) is 35.3 Å². The first kappa shape index (κ1) is 12.7. The van der Waals surface area contributed by atoms with E-state index in [4.69, 9.17) is 0 Å². The van der Waals surface area contributed by atoms with Crippen molar-refractivity contribution < 1.29 is 0 Å². The highest BCUT2D eigenvalue weighted by molar-refractivity contribution is 14.1. The Hall–Kier alpha value is -0.760. The van der Waals surface area contributed by atoms with Gasteiger partial charge in [-0.2, -0.15) is 0 Å². The summed E-state index contributed by atoms with van der Waals surface area (Å²) in [7, 11) is 3.87. The second kappa shape index (κ2) is 5.26. The van der Waals surface area contributed by atoms with Gasteiger partial charge in [0.15, 0.2) is 0 Å². The van der Waals surface area contributed by atoms with Crippen LogP contribution in [0.1, 0.15) is 0 Å². The van der Waals surface area contributed by atoms with Crippen LogP contribution in [0.15, 0.2) is 27.9 Å². The third-order valence-electron chi connectivity index (χ3n) is 2.05. The van der Waals surface area contributed by atoms with Gasteiger partial charge in [-0.05, 0) is 44.6 Å². The molecule has 17 heavy (non-hydrogen) atoms. The van der Waals surface area contributed by atoms with Crippen molar-refractivity contribution in [1.29, 1.82) is 0 Å². The first-order valence-electron chi connectivity index (χ1n) is 4.89. The quantitative estimate of drug-likeness (QED) is 0.438. The number of fused-ring (bicyclic) bond motifs is 1. The molecule has 0 saturated carbocycles. The Balaban J connectivity index is 2.69. The first-order valence-corrected chi connectivity index (χ1v) is 6.76. The zero-order valence-electron chi connectivity index (χ0n) is 9.35. The third-order valence-corrected chi connectivity index (χ3v) is 3.47. The molecule has 1 aromatic heterocycles. The fourth-order valence-electron chi connectivity index (χ4n) is 1.34. The summed E-state index contributed by atoms with van der Waals surface area (Å²) in [5, 5.41) is 0. The normalized spacial score (nSPS) is 11.3. The Morgan fingerprint density at radius 3 is 2.59 bits per heavy atom. The maximum absolute atomic E-state index is 4.44. The lowest BCUT2D eigenvalue weighted by molar-refractivity contribution is 0.643. The van der Waals surface area contributed by atoms with Gasteiger partial charge in [-0.1, -0.05) is 0 Å². The molecule has 0 saturated heterocycles. The highest BCUT2D eigenvalue weighted by Gasteiger charge is 2.10. The fourth-order valence-corrected chi connectivity index (χ4v) is 3.00. The lowest BCUT2D eigenvalue weighted by Crippen LogP contribution is -2.07. The summed E-state index contributed by atoms with van der Waals surface area (Å²) in [6, 6.07) is 2.00. The SMILES string of the molecule is CN(C)C=Nc1c(I)cc(Br)c2nccnc12. The standard InChI is InChI=1S/C11H10BrIN4/c1-17(2)6-16-10-8(13)5-7(12)9-11(10)15-4-3-14-9/h3-6H,1-2H3. The number of rotatable bonds is 2. The Labute approximate surface area is 121 Å². The van der Waals surface area contributed by atoms with E-state index in [0.29, 0.717) is 0 Å². The largest absolute Gasteiger partial charge is 0.369 e. The van der Waals surface area contributed by atoms with Gasteiger partial charge in [-0.25, -0.2) is 4.99 Å². The van der Waals surface area contributed by atoms with Crippen molar-refractivity contribution in [2.24, 2.45) is 4.99 Å². The lowest BCUT2D eigenvalue weighted by Gasteiger charge is -2.07. The van der Waals surface area contributed by atoms with Gasteiger partial charge in [0.1, 0.15) is 16.7 Å². The van der Waals surface area contributed by atoms with Gasteiger partial charge >= 0.3 is 0 Å². The van der Waals surface area contributed by atoms with Gasteiger partial charge in [0, 0.05) is 34.5 Å². The van der Waals surface area contributed by atoms with Crippen LogP contribution in [0.2, 0.25) is 0 Å². The van der Waals surface area contributed by atoms with Crippen molar-refractivity contribution in [2.75, 3.05) is 14.1 Å². The van der Waals surface area contributed by atoms with Crippen LogP contribution in [0.25, 0.3) is 11.0 Å². The molecule has 0 aliphatic rings. The zero-order chi connectivity index (χ0) is 12.4. The molecule has 2 rings (SSSR count). The van der Waals surface area contributed by atoms with E-state index in [2.05, 4.69) is 53.5 Å².